The Hall–Kier alpha value is -2.61. The number of pyridine rings is 1. The van der Waals surface area contributed by atoms with Crippen molar-refractivity contribution >= 4 is 44.9 Å². The lowest BCUT2D eigenvalue weighted by molar-refractivity contribution is 0.0734. The van der Waals surface area contributed by atoms with Gasteiger partial charge in [0.1, 0.15) is 10.9 Å². The SMILES string of the molecule is CN(c1ccc(OC(=O)c2ccc(Cl)nc2)cc1)S(=O)(=O)c1ccc(Cl)cc1. The molecule has 1 heterocycles. The van der Waals surface area contributed by atoms with Crippen LogP contribution in [-0.2, 0) is 10.0 Å². The molecular formula is C19H14Cl2N2O4S. The zero-order chi connectivity index (χ0) is 20.3. The van der Waals surface area contributed by atoms with Crippen LogP contribution in [0.15, 0.2) is 71.8 Å². The first kappa shape index (κ1) is 20.1. The first-order valence-corrected chi connectivity index (χ1v) is 10.2. The van der Waals surface area contributed by atoms with Crippen LogP contribution in [-0.4, -0.2) is 26.4 Å². The van der Waals surface area contributed by atoms with Crippen molar-refractivity contribution < 1.29 is 17.9 Å². The molecular weight excluding hydrogens is 423 g/mol. The highest BCUT2D eigenvalue weighted by atomic mass is 35.5. The molecule has 1 aromatic heterocycles. The molecule has 144 valence electrons. The van der Waals surface area contributed by atoms with Gasteiger partial charge < -0.3 is 4.74 Å². The fourth-order valence-electron chi connectivity index (χ4n) is 2.29. The Labute approximate surface area is 172 Å². The fourth-order valence-corrected chi connectivity index (χ4v) is 3.72. The molecule has 0 unspecified atom stereocenters. The lowest BCUT2D eigenvalue weighted by Gasteiger charge is -2.19. The summed E-state index contributed by atoms with van der Waals surface area (Å²) in [5.74, 6) is -0.333. The van der Waals surface area contributed by atoms with Crippen molar-refractivity contribution in [2.75, 3.05) is 11.4 Å². The summed E-state index contributed by atoms with van der Waals surface area (Å²) in [7, 11) is -2.31. The Morgan fingerprint density at radius 2 is 1.61 bits per heavy atom. The molecule has 0 saturated carbocycles. The number of nitrogens with zero attached hydrogens (tertiary/aromatic N) is 2. The van der Waals surface area contributed by atoms with Crippen molar-refractivity contribution in [3.8, 4) is 5.75 Å². The minimum Gasteiger partial charge on any atom is -0.423 e. The molecule has 3 rings (SSSR count). The van der Waals surface area contributed by atoms with E-state index in [0.29, 0.717) is 10.7 Å². The summed E-state index contributed by atoms with van der Waals surface area (Å²) in [4.78, 5) is 16.0. The third-order valence-electron chi connectivity index (χ3n) is 3.85. The molecule has 0 atom stereocenters. The van der Waals surface area contributed by atoms with Crippen LogP contribution in [0, 0.1) is 0 Å². The Balaban J connectivity index is 1.75. The van der Waals surface area contributed by atoms with Gasteiger partial charge in [0, 0.05) is 18.3 Å². The molecule has 2 aromatic carbocycles. The molecule has 9 heteroatoms. The van der Waals surface area contributed by atoms with Gasteiger partial charge in [-0.2, -0.15) is 0 Å². The molecule has 0 aliphatic rings. The van der Waals surface area contributed by atoms with Gasteiger partial charge in [0.15, 0.2) is 0 Å². The second kappa shape index (κ2) is 8.18. The Kier molecular flexibility index (Phi) is 5.88. The number of benzene rings is 2. The van der Waals surface area contributed by atoms with Gasteiger partial charge in [0.05, 0.1) is 16.1 Å². The standard InChI is InChI=1S/C19H14Cl2N2O4S/c1-23(28(25,26)17-9-3-14(20)4-10-17)15-5-7-16(8-6-15)27-19(24)13-2-11-18(21)22-12-13/h2-12H,1H3. The second-order valence-electron chi connectivity index (χ2n) is 5.68. The van der Waals surface area contributed by atoms with Gasteiger partial charge >= 0.3 is 5.97 Å². The number of carbonyl (C=O) groups is 1. The van der Waals surface area contributed by atoms with E-state index in [1.165, 1.54) is 73.9 Å². The van der Waals surface area contributed by atoms with Crippen LogP contribution >= 0.6 is 23.2 Å². The smallest absolute Gasteiger partial charge is 0.345 e. The predicted octanol–water partition coefficient (Wildman–Crippen LogP) is 4.43. The first-order valence-electron chi connectivity index (χ1n) is 7.96. The summed E-state index contributed by atoms with van der Waals surface area (Å²) in [5.41, 5.74) is 0.652. The van der Waals surface area contributed by atoms with E-state index >= 15 is 0 Å². The molecule has 0 aliphatic carbocycles. The van der Waals surface area contributed by atoms with Gasteiger partial charge in [-0.1, -0.05) is 23.2 Å². The van der Waals surface area contributed by atoms with Gasteiger partial charge in [0.2, 0.25) is 0 Å². The molecule has 3 aromatic rings. The zero-order valence-electron chi connectivity index (χ0n) is 14.5. The quantitative estimate of drug-likeness (QED) is 0.335. The van der Waals surface area contributed by atoms with E-state index in [1.54, 1.807) is 0 Å². The number of sulfonamides is 1. The predicted molar refractivity (Wildman–Crippen MR) is 108 cm³/mol. The maximum atomic E-state index is 12.7. The molecule has 0 radical (unpaired) electrons. The zero-order valence-corrected chi connectivity index (χ0v) is 16.9. The Morgan fingerprint density at radius 1 is 0.964 bits per heavy atom. The van der Waals surface area contributed by atoms with Gasteiger partial charge in [-0.25, -0.2) is 18.2 Å². The Morgan fingerprint density at radius 3 is 2.18 bits per heavy atom. The normalized spacial score (nSPS) is 11.1. The van der Waals surface area contributed by atoms with Crippen molar-refractivity contribution in [2.45, 2.75) is 4.90 Å². The average Bonchev–Trinajstić information content (AvgIpc) is 2.69. The van der Waals surface area contributed by atoms with Crippen molar-refractivity contribution in [3.63, 3.8) is 0 Å². The summed E-state index contributed by atoms with van der Waals surface area (Å²) in [6.45, 7) is 0. The van der Waals surface area contributed by atoms with Crippen LogP contribution in [0.2, 0.25) is 10.2 Å². The molecule has 0 bridgehead atoms. The number of halogens is 2. The third-order valence-corrected chi connectivity index (χ3v) is 6.12. The van der Waals surface area contributed by atoms with Crippen LogP contribution in [0.1, 0.15) is 10.4 Å². The van der Waals surface area contributed by atoms with Crippen LogP contribution in [0.25, 0.3) is 0 Å². The maximum Gasteiger partial charge on any atom is 0.345 e. The van der Waals surface area contributed by atoms with E-state index < -0.39 is 16.0 Å². The minimum atomic E-state index is -3.75. The van der Waals surface area contributed by atoms with Crippen molar-refractivity contribution in [2.24, 2.45) is 0 Å². The summed E-state index contributed by atoms with van der Waals surface area (Å²) in [6, 6.07) is 15.0. The van der Waals surface area contributed by atoms with Gasteiger partial charge in [0.25, 0.3) is 10.0 Å². The maximum absolute atomic E-state index is 12.7. The lowest BCUT2D eigenvalue weighted by Crippen LogP contribution is -2.26. The second-order valence-corrected chi connectivity index (χ2v) is 8.47. The van der Waals surface area contributed by atoms with E-state index in [0.717, 1.165) is 4.31 Å². The lowest BCUT2D eigenvalue weighted by atomic mass is 10.3. The molecule has 0 N–H and O–H groups in total. The van der Waals surface area contributed by atoms with Crippen LogP contribution < -0.4 is 9.04 Å². The largest absolute Gasteiger partial charge is 0.423 e. The minimum absolute atomic E-state index is 0.116. The Bertz CT molecular complexity index is 1080. The van der Waals surface area contributed by atoms with E-state index in [9.17, 15) is 13.2 Å². The number of esters is 1. The number of hydrogen-bond acceptors (Lipinski definition) is 5. The van der Waals surface area contributed by atoms with E-state index in [2.05, 4.69) is 4.98 Å². The summed E-state index contributed by atoms with van der Waals surface area (Å²) < 4.78 is 31.8. The number of rotatable bonds is 5. The number of anilines is 1. The average molecular weight is 437 g/mol. The first-order chi connectivity index (χ1) is 13.3. The van der Waals surface area contributed by atoms with Crippen molar-refractivity contribution in [1.29, 1.82) is 0 Å². The highest BCUT2D eigenvalue weighted by molar-refractivity contribution is 7.92. The molecule has 28 heavy (non-hydrogen) atoms. The van der Waals surface area contributed by atoms with E-state index in [4.69, 9.17) is 27.9 Å². The topological polar surface area (TPSA) is 76.6 Å². The summed E-state index contributed by atoms with van der Waals surface area (Å²) in [6.07, 6.45) is 1.31. The van der Waals surface area contributed by atoms with Crippen LogP contribution in [0.3, 0.4) is 0 Å². The van der Waals surface area contributed by atoms with Gasteiger partial charge in [-0.05, 0) is 60.7 Å². The number of hydrogen-bond donors (Lipinski definition) is 0. The van der Waals surface area contributed by atoms with Gasteiger partial charge in [-0.3, -0.25) is 4.31 Å². The van der Waals surface area contributed by atoms with E-state index in [1.807, 2.05) is 0 Å². The van der Waals surface area contributed by atoms with E-state index in [-0.39, 0.29) is 21.4 Å². The highest BCUT2D eigenvalue weighted by Crippen LogP contribution is 2.25. The highest BCUT2D eigenvalue weighted by Gasteiger charge is 2.21. The van der Waals surface area contributed by atoms with Crippen molar-refractivity contribution in [3.05, 3.63) is 82.6 Å². The number of carbonyl (C=O) groups excluding carboxylic acids is 1. The molecule has 0 saturated heterocycles. The van der Waals surface area contributed by atoms with Gasteiger partial charge in [-0.15, -0.1) is 0 Å². The number of aromatic nitrogens is 1. The molecule has 0 aliphatic heterocycles. The molecule has 0 spiro atoms. The number of ether oxygens (including phenoxy) is 1. The molecule has 6 nitrogen and oxygen atoms in total. The van der Waals surface area contributed by atoms with Crippen LogP contribution in [0.5, 0.6) is 5.75 Å². The van der Waals surface area contributed by atoms with Crippen molar-refractivity contribution in [1.82, 2.24) is 4.98 Å². The third kappa shape index (κ3) is 4.44. The summed E-state index contributed by atoms with van der Waals surface area (Å²) >= 11 is 11.5. The van der Waals surface area contributed by atoms with Crippen LogP contribution in [0.4, 0.5) is 5.69 Å². The summed E-state index contributed by atoms with van der Waals surface area (Å²) in [5, 5.41) is 0.717. The fraction of sp³-hybridized carbons (Fsp3) is 0.0526. The molecule has 0 fully saturated rings. The monoisotopic (exact) mass is 436 g/mol. The molecule has 0 amide bonds.